The average Bonchev–Trinajstić information content (AvgIpc) is 3.74. The first-order valence-electron chi connectivity index (χ1n) is 17.6. The van der Waals surface area contributed by atoms with Gasteiger partial charge >= 0.3 is 0 Å². The van der Waals surface area contributed by atoms with Gasteiger partial charge in [-0.1, -0.05) is 133 Å². The molecule has 242 valence electrons. The summed E-state index contributed by atoms with van der Waals surface area (Å²) in [5.74, 6) is 0.677. The van der Waals surface area contributed by atoms with Gasteiger partial charge in [0.1, 0.15) is 11.2 Å². The fourth-order valence-electron chi connectivity index (χ4n) is 7.99. The lowest BCUT2D eigenvalue weighted by Crippen LogP contribution is -1.99. The molecule has 0 bridgehead atoms. The van der Waals surface area contributed by atoms with Crippen molar-refractivity contribution in [2.24, 2.45) is 0 Å². The number of benzene rings is 8. The summed E-state index contributed by atoms with van der Waals surface area (Å²) in [5.41, 5.74) is 9.67. The summed E-state index contributed by atoms with van der Waals surface area (Å²) in [4.78, 5) is 10.6. The lowest BCUT2D eigenvalue weighted by molar-refractivity contribution is 0.668. The summed E-state index contributed by atoms with van der Waals surface area (Å²) >= 11 is 0. The Hall–Kier alpha value is -7.04. The fourth-order valence-corrected chi connectivity index (χ4v) is 7.99. The number of fused-ring (bicyclic) bond motifs is 8. The normalized spacial score (nSPS) is 11.8. The van der Waals surface area contributed by atoms with Gasteiger partial charge in [0.25, 0.3) is 0 Å². The van der Waals surface area contributed by atoms with Crippen molar-refractivity contribution in [2.45, 2.75) is 0 Å². The summed E-state index contributed by atoms with van der Waals surface area (Å²) in [7, 11) is 0. The molecule has 52 heavy (non-hydrogen) atoms. The number of hydrogen-bond acceptors (Lipinski definition) is 3. The molecule has 11 rings (SSSR count). The Bertz CT molecular complexity index is 3180. The van der Waals surface area contributed by atoms with Gasteiger partial charge in [0.2, 0.25) is 0 Å². The highest BCUT2D eigenvalue weighted by molar-refractivity contribution is 6.16. The largest absolute Gasteiger partial charge is 0.456 e. The summed E-state index contributed by atoms with van der Waals surface area (Å²) in [6.07, 6.45) is 0. The SMILES string of the molecule is c1ccc(-c2nc(-c3cccc4ccccc34)cc(-c3cc(-n4c5ccccc5c5cc6ccccc6cc54)cc4oc5ccccc5c34)n2)cc1. The number of rotatable bonds is 4. The van der Waals surface area contributed by atoms with E-state index in [0.29, 0.717) is 5.82 Å². The van der Waals surface area contributed by atoms with E-state index in [1.807, 2.05) is 30.3 Å². The first-order chi connectivity index (χ1) is 25.8. The van der Waals surface area contributed by atoms with Crippen molar-refractivity contribution in [3.63, 3.8) is 0 Å². The zero-order valence-corrected chi connectivity index (χ0v) is 28.0. The minimum absolute atomic E-state index is 0.677. The molecular formula is C48H29N3O. The second kappa shape index (κ2) is 11.2. The Morgan fingerprint density at radius 1 is 0.404 bits per heavy atom. The molecule has 4 heteroatoms. The number of furan rings is 1. The predicted octanol–water partition coefficient (Wildman–Crippen LogP) is 12.8. The van der Waals surface area contributed by atoms with E-state index in [0.717, 1.165) is 72.1 Å². The fraction of sp³-hybridized carbons (Fsp3) is 0. The molecule has 4 nitrogen and oxygen atoms in total. The van der Waals surface area contributed by atoms with Gasteiger partial charge in [-0.3, -0.25) is 0 Å². The lowest BCUT2D eigenvalue weighted by atomic mass is 9.98. The van der Waals surface area contributed by atoms with E-state index in [4.69, 9.17) is 14.4 Å². The highest BCUT2D eigenvalue weighted by atomic mass is 16.3. The second-order valence-electron chi connectivity index (χ2n) is 13.4. The van der Waals surface area contributed by atoms with Gasteiger partial charge in [-0.05, 0) is 57.9 Å². The molecule has 11 aromatic rings. The third-order valence-corrected chi connectivity index (χ3v) is 10.4. The van der Waals surface area contributed by atoms with Gasteiger partial charge in [0.15, 0.2) is 5.82 Å². The van der Waals surface area contributed by atoms with Gasteiger partial charge in [-0.2, -0.15) is 0 Å². The molecular weight excluding hydrogens is 635 g/mol. The van der Waals surface area contributed by atoms with Gasteiger partial charge in [0.05, 0.1) is 28.1 Å². The minimum Gasteiger partial charge on any atom is -0.456 e. The Morgan fingerprint density at radius 3 is 1.90 bits per heavy atom. The van der Waals surface area contributed by atoms with Crippen LogP contribution in [0.2, 0.25) is 0 Å². The number of nitrogens with zero attached hydrogens (tertiary/aromatic N) is 3. The summed E-state index contributed by atoms with van der Waals surface area (Å²) < 4.78 is 9.05. The molecule has 0 aliphatic heterocycles. The van der Waals surface area contributed by atoms with Crippen molar-refractivity contribution in [3.05, 3.63) is 176 Å². The van der Waals surface area contributed by atoms with Crippen molar-refractivity contribution in [2.75, 3.05) is 0 Å². The van der Waals surface area contributed by atoms with Crippen LogP contribution in [-0.4, -0.2) is 14.5 Å². The Labute approximate surface area is 298 Å². The maximum atomic E-state index is 6.68. The van der Waals surface area contributed by atoms with Gasteiger partial charge in [-0.15, -0.1) is 0 Å². The maximum absolute atomic E-state index is 6.68. The molecule has 0 aliphatic rings. The number of para-hydroxylation sites is 2. The van der Waals surface area contributed by atoms with Crippen LogP contribution < -0.4 is 0 Å². The van der Waals surface area contributed by atoms with E-state index < -0.39 is 0 Å². The third kappa shape index (κ3) is 4.41. The second-order valence-corrected chi connectivity index (χ2v) is 13.4. The molecule has 3 aromatic heterocycles. The monoisotopic (exact) mass is 663 g/mol. The zero-order chi connectivity index (χ0) is 34.2. The Morgan fingerprint density at radius 2 is 1.06 bits per heavy atom. The van der Waals surface area contributed by atoms with E-state index in [1.54, 1.807) is 0 Å². The molecule has 0 atom stereocenters. The molecule has 0 N–H and O–H groups in total. The van der Waals surface area contributed by atoms with Crippen LogP contribution in [0, 0.1) is 0 Å². The molecule has 0 spiro atoms. The standard InChI is InChI=1S/C48H29N3O/c1-2-14-31(15-3-1)48-49-41(36-22-12-18-30-13-6-7-19-35(30)36)29-42(50-48)40-27-34(28-46-47(40)38-21-9-11-24-45(38)52-46)51-43-23-10-8-20-37(43)39-25-32-16-4-5-17-33(32)26-44(39)51/h1-29H. The van der Waals surface area contributed by atoms with Crippen LogP contribution in [0.4, 0.5) is 0 Å². The van der Waals surface area contributed by atoms with Crippen molar-refractivity contribution in [3.8, 4) is 39.6 Å². The zero-order valence-electron chi connectivity index (χ0n) is 28.0. The van der Waals surface area contributed by atoms with Crippen LogP contribution in [-0.2, 0) is 0 Å². The van der Waals surface area contributed by atoms with E-state index in [9.17, 15) is 0 Å². The summed E-state index contributed by atoms with van der Waals surface area (Å²) in [5, 5.41) is 9.26. The predicted molar refractivity (Wildman–Crippen MR) is 215 cm³/mol. The minimum atomic E-state index is 0.677. The van der Waals surface area contributed by atoms with Crippen LogP contribution in [0.15, 0.2) is 180 Å². The van der Waals surface area contributed by atoms with Crippen LogP contribution in [0.5, 0.6) is 0 Å². The lowest BCUT2D eigenvalue weighted by Gasteiger charge is -2.14. The average molecular weight is 664 g/mol. The molecule has 0 amide bonds. The number of hydrogen-bond donors (Lipinski definition) is 0. The van der Waals surface area contributed by atoms with E-state index in [-0.39, 0.29) is 0 Å². The highest BCUT2D eigenvalue weighted by Crippen LogP contribution is 2.42. The van der Waals surface area contributed by atoms with Crippen LogP contribution in [0.25, 0.3) is 105 Å². The van der Waals surface area contributed by atoms with Crippen molar-refractivity contribution >= 4 is 65.3 Å². The molecule has 0 saturated heterocycles. The van der Waals surface area contributed by atoms with E-state index in [1.165, 1.54) is 26.9 Å². The third-order valence-electron chi connectivity index (χ3n) is 10.4. The highest BCUT2D eigenvalue weighted by Gasteiger charge is 2.21. The molecule has 0 saturated carbocycles. The molecule has 0 fully saturated rings. The van der Waals surface area contributed by atoms with Crippen LogP contribution in [0.1, 0.15) is 0 Å². The molecule has 8 aromatic carbocycles. The maximum Gasteiger partial charge on any atom is 0.160 e. The summed E-state index contributed by atoms with van der Waals surface area (Å²) in [6, 6.07) is 61.9. The molecule has 3 heterocycles. The quantitative estimate of drug-likeness (QED) is 0.188. The van der Waals surface area contributed by atoms with Crippen LogP contribution >= 0.6 is 0 Å². The smallest absolute Gasteiger partial charge is 0.160 e. The number of aromatic nitrogens is 3. The summed E-state index contributed by atoms with van der Waals surface area (Å²) in [6.45, 7) is 0. The topological polar surface area (TPSA) is 43.9 Å². The Kier molecular flexibility index (Phi) is 6.22. The van der Waals surface area contributed by atoms with Crippen molar-refractivity contribution < 1.29 is 4.42 Å². The van der Waals surface area contributed by atoms with Crippen molar-refractivity contribution in [1.29, 1.82) is 0 Å². The molecule has 0 radical (unpaired) electrons. The van der Waals surface area contributed by atoms with Gasteiger partial charge in [-0.25, -0.2) is 9.97 Å². The first kappa shape index (κ1) is 28.8. The van der Waals surface area contributed by atoms with Crippen LogP contribution in [0.3, 0.4) is 0 Å². The first-order valence-corrected chi connectivity index (χ1v) is 17.6. The Balaban J connectivity index is 1.26. The van der Waals surface area contributed by atoms with E-state index >= 15 is 0 Å². The van der Waals surface area contributed by atoms with E-state index in [2.05, 4.69) is 150 Å². The van der Waals surface area contributed by atoms with Crippen molar-refractivity contribution in [1.82, 2.24) is 14.5 Å². The molecule has 0 aliphatic carbocycles. The molecule has 0 unspecified atom stereocenters. The van der Waals surface area contributed by atoms with Gasteiger partial charge in [0, 0.05) is 44.3 Å². The van der Waals surface area contributed by atoms with Gasteiger partial charge < -0.3 is 8.98 Å².